The Morgan fingerprint density at radius 3 is 2.33 bits per heavy atom. The summed E-state index contributed by atoms with van der Waals surface area (Å²) < 4.78 is 10.2. The molecule has 2 amide bonds. The summed E-state index contributed by atoms with van der Waals surface area (Å²) in [6.45, 7) is 2.07. The van der Waals surface area contributed by atoms with Crippen LogP contribution < -0.4 is 10.1 Å². The second kappa shape index (κ2) is 9.57. The van der Waals surface area contributed by atoms with E-state index in [9.17, 15) is 4.79 Å². The van der Waals surface area contributed by atoms with Gasteiger partial charge >= 0.3 is 6.03 Å². The Hall–Kier alpha value is -2.53. The Morgan fingerprint density at radius 2 is 1.71 bits per heavy atom. The molecule has 0 heterocycles. The molecule has 2 aromatic carbocycles. The summed E-state index contributed by atoms with van der Waals surface area (Å²) in [6.07, 6.45) is 0. The molecule has 0 aromatic heterocycles. The fourth-order valence-corrected chi connectivity index (χ4v) is 2.29. The van der Waals surface area contributed by atoms with Crippen LogP contribution in [0, 0.1) is 0 Å². The molecule has 128 valence electrons. The van der Waals surface area contributed by atoms with Gasteiger partial charge in [-0.1, -0.05) is 42.5 Å². The SMILES string of the molecule is COCCN(Cc1ccccc1)C(=O)NCc1ccc(OC)cc1. The number of carbonyl (C=O) groups is 1. The third kappa shape index (κ3) is 5.59. The van der Waals surface area contributed by atoms with Crippen LogP contribution in [0.4, 0.5) is 4.79 Å². The van der Waals surface area contributed by atoms with E-state index >= 15 is 0 Å². The van der Waals surface area contributed by atoms with Crippen LogP contribution in [0.5, 0.6) is 5.75 Å². The maximum absolute atomic E-state index is 12.5. The maximum atomic E-state index is 12.5. The zero-order valence-electron chi connectivity index (χ0n) is 14.2. The van der Waals surface area contributed by atoms with E-state index in [2.05, 4.69) is 5.32 Å². The lowest BCUT2D eigenvalue weighted by Gasteiger charge is -2.23. The Morgan fingerprint density at radius 1 is 1.00 bits per heavy atom. The summed E-state index contributed by atoms with van der Waals surface area (Å²) in [5.74, 6) is 0.802. The number of nitrogens with one attached hydrogen (secondary N) is 1. The predicted molar refractivity (Wildman–Crippen MR) is 94.0 cm³/mol. The number of benzene rings is 2. The number of rotatable bonds is 8. The number of hydrogen-bond acceptors (Lipinski definition) is 3. The molecule has 0 radical (unpaired) electrons. The number of carbonyl (C=O) groups excluding carboxylic acids is 1. The molecule has 24 heavy (non-hydrogen) atoms. The first-order valence-electron chi connectivity index (χ1n) is 7.91. The van der Waals surface area contributed by atoms with Gasteiger partial charge < -0.3 is 19.7 Å². The second-order valence-corrected chi connectivity index (χ2v) is 5.41. The van der Waals surface area contributed by atoms with E-state index < -0.39 is 0 Å². The number of methoxy groups -OCH3 is 2. The van der Waals surface area contributed by atoms with Crippen molar-refractivity contribution in [1.29, 1.82) is 0 Å². The van der Waals surface area contributed by atoms with Gasteiger partial charge in [-0.3, -0.25) is 0 Å². The molecule has 0 unspecified atom stereocenters. The standard InChI is InChI=1S/C19H24N2O3/c1-23-13-12-21(15-17-6-4-3-5-7-17)19(22)20-14-16-8-10-18(24-2)11-9-16/h3-11H,12-15H2,1-2H3,(H,20,22). The number of urea groups is 1. The summed E-state index contributed by atoms with van der Waals surface area (Å²) in [7, 11) is 3.27. The van der Waals surface area contributed by atoms with Crippen molar-refractivity contribution in [3.63, 3.8) is 0 Å². The highest BCUT2D eigenvalue weighted by Crippen LogP contribution is 2.11. The van der Waals surface area contributed by atoms with Crippen molar-refractivity contribution < 1.29 is 14.3 Å². The van der Waals surface area contributed by atoms with E-state index in [0.29, 0.717) is 26.2 Å². The van der Waals surface area contributed by atoms with Gasteiger partial charge in [0.05, 0.1) is 13.7 Å². The molecule has 5 nitrogen and oxygen atoms in total. The number of ether oxygens (including phenoxy) is 2. The van der Waals surface area contributed by atoms with Gasteiger partial charge in [-0.25, -0.2) is 4.79 Å². The van der Waals surface area contributed by atoms with E-state index in [1.807, 2.05) is 54.6 Å². The molecule has 2 rings (SSSR count). The molecule has 0 atom stereocenters. The molecule has 0 aliphatic rings. The largest absolute Gasteiger partial charge is 0.497 e. The molecule has 0 bridgehead atoms. The Balaban J connectivity index is 1.93. The quantitative estimate of drug-likeness (QED) is 0.810. The van der Waals surface area contributed by atoms with Gasteiger partial charge in [0.15, 0.2) is 0 Å². The molecule has 0 aliphatic carbocycles. The van der Waals surface area contributed by atoms with Gasteiger partial charge in [-0.2, -0.15) is 0 Å². The minimum absolute atomic E-state index is 0.105. The summed E-state index contributed by atoms with van der Waals surface area (Å²) >= 11 is 0. The van der Waals surface area contributed by atoms with Crippen molar-refractivity contribution in [3.05, 3.63) is 65.7 Å². The van der Waals surface area contributed by atoms with Crippen molar-refractivity contribution in [2.75, 3.05) is 27.4 Å². The first kappa shape index (κ1) is 17.8. The lowest BCUT2D eigenvalue weighted by molar-refractivity contribution is 0.146. The van der Waals surface area contributed by atoms with Crippen LogP contribution in [-0.4, -0.2) is 38.3 Å². The van der Waals surface area contributed by atoms with Gasteiger partial charge in [0.25, 0.3) is 0 Å². The molecule has 0 saturated carbocycles. The number of nitrogens with zero attached hydrogens (tertiary/aromatic N) is 1. The molecule has 5 heteroatoms. The van der Waals surface area contributed by atoms with Crippen LogP contribution in [-0.2, 0) is 17.8 Å². The van der Waals surface area contributed by atoms with E-state index in [-0.39, 0.29) is 6.03 Å². The Bertz CT molecular complexity index is 614. The van der Waals surface area contributed by atoms with Crippen LogP contribution in [0.25, 0.3) is 0 Å². The first-order valence-corrected chi connectivity index (χ1v) is 7.91. The average molecular weight is 328 g/mol. The summed E-state index contributed by atoms with van der Waals surface area (Å²) in [5, 5.41) is 2.96. The van der Waals surface area contributed by atoms with Gasteiger partial charge in [0.2, 0.25) is 0 Å². The molecule has 0 fully saturated rings. The summed E-state index contributed by atoms with van der Waals surface area (Å²) in [5.41, 5.74) is 2.11. The van der Waals surface area contributed by atoms with Gasteiger partial charge in [0.1, 0.15) is 5.75 Å². The topological polar surface area (TPSA) is 50.8 Å². The average Bonchev–Trinajstić information content (AvgIpc) is 2.64. The minimum Gasteiger partial charge on any atom is -0.497 e. The second-order valence-electron chi connectivity index (χ2n) is 5.41. The highest BCUT2D eigenvalue weighted by molar-refractivity contribution is 5.74. The normalized spacial score (nSPS) is 10.2. The van der Waals surface area contributed by atoms with Crippen molar-refractivity contribution in [1.82, 2.24) is 10.2 Å². The number of hydrogen-bond donors (Lipinski definition) is 1. The lowest BCUT2D eigenvalue weighted by atomic mass is 10.2. The lowest BCUT2D eigenvalue weighted by Crippen LogP contribution is -2.40. The van der Waals surface area contributed by atoms with Crippen molar-refractivity contribution in [2.45, 2.75) is 13.1 Å². The van der Waals surface area contributed by atoms with Crippen LogP contribution in [0.15, 0.2) is 54.6 Å². The monoisotopic (exact) mass is 328 g/mol. The van der Waals surface area contributed by atoms with Gasteiger partial charge in [-0.15, -0.1) is 0 Å². The minimum atomic E-state index is -0.105. The summed E-state index contributed by atoms with van der Waals surface area (Å²) in [6, 6.07) is 17.5. The van der Waals surface area contributed by atoms with E-state index in [1.54, 1.807) is 19.1 Å². The predicted octanol–water partition coefficient (Wildman–Crippen LogP) is 3.05. The highest BCUT2D eigenvalue weighted by atomic mass is 16.5. The highest BCUT2D eigenvalue weighted by Gasteiger charge is 2.13. The van der Waals surface area contributed by atoms with Crippen molar-refractivity contribution in [2.24, 2.45) is 0 Å². The Kier molecular flexibility index (Phi) is 7.11. The third-order valence-electron chi connectivity index (χ3n) is 3.67. The Labute approximate surface area is 143 Å². The molecule has 0 saturated heterocycles. The fraction of sp³-hybridized carbons (Fsp3) is 0.316. The van der Waals surface area contributed by atoms with E-state index in [1.165, 1.54) is 0 Å². The van der Waals surface area contributed by atoms with E-state index in [4.69, 9.17) is 9.47 Å². The summed E-state index contributed by atoms with van der Waals surface area (Å²) in [4.78, 5) is 14.2. The smallest absolute Gasteiger partial charge is 0.318 e. The molecular weight excluding hydrogens is 304 g/mol. The van der Waals surface area contributed by atoms with Crippen molar-refractivity contribution >= 4 is 6.03 Å². The van der Waals surface area contributed by atoms with Crippen LogP contribution in [0.3, 0.4) is 0 Å². The number of amides is 2. The van der Waals surface area contributed by atoms with Crippen LogP contribution in [0.1, 0.15) is 11.1 Å². The van der Waals surface area contributed by atoms with E-state index in [0.717, 1.165) is 16.9 Å². The molecule has 1 N–H and O–H groups in total. The maximum Gasteiger partial charge on any atom is 0.318 e. The third-order valence-corrected chi connectivity index (χ3v) is 3.67. The first-order chi connectivity index (χ1) is 11.7. The van der Waals surface area contributed by atoms with Gasteiger partial charge in [0, 0.05) is 26.7 Å². The molecule has 0 aliphatic heterocycles. The van der Waals surface area contributed by atoms with Gasteiger partial charge in [-0.05, 0) is 23.3 Å². The molecular formula is C19H24N2O3. The van der Waals surface area contributed by atoms with Crippen LogP contribution in [0.2, 0.25) is 0 Å². The fourth-order valence-electron chi connectivity index (χ4n) is 2.29. The molecule has 2 aromatic rings. The van der Waals surface area contributed by atoms with Crippen LogP contribution >= 0.6 is 0 Å². The molecule has 0 spiro atoms. The zero-order valence-corrected chi connectivity index (χ0v) is 14.2. The zero-order chi connectivity index (χ0) is 17.2. The van der Waals surface area contributed by atoms with Crippen molar-refractivity contribution in [3.8, 4) is 5.75 Å².